The highest BCUT2D eigenvalue weighted by atomic mass is 16.6. The van der Waals surface area contributed by atoms with E-state index in [-0.39, 0.29) is 0 Å². The smallest absolute Gasteiger partial charge is 0.331 e. The van der Waals surface area contributed by atoms with Gasteiger partial charge in [0.15, 0.2) is 0 Å². The minimum absolute atomic E-state index is 0.312. The molecule has 0 aromatic carbocycles. The van der Waals surface area contributed by atoms with Crippen molar-refractivity contribution in [3.8, 4) is 0 Å². The Morgan fingerprint density at radius 1 is 0.957 bits per heavy atom. The average Bonchev–Trinajstić information content (AvgIpc) is 3.27. The summed E-state index contributed by atoms with van der Waals surface area (Å²) in [5.41, 5.74) is 0. The summed E-state index contributed by atoms with van der Waals surface area (Å²) in [5.74, 6) is -1.76. The van der Waals surface area contributed by atoms with Crippen molar-refractivity contribution in [3.05, 3.63) is 12.2 Å². The Balaban J connectivity index is 1.87. The molecule has 1 aliphatic heterocycles. The van der Waals surface area contributed by atoms with Crippen LogP contribution in [0.1, 0.15) is 71.1 Å². The molecule has 0 aliphatic carbocycles. The maximum absolute atomic E-state index is 11.1. The van der Waals surface area contributed by atoms with Gasteiger partial charge in [-0.1, -0.05) is 51.9 Å². The standard InChI is InChI=1S/C18H30O5/c1-2-3-4-5-6-7-8-10-15-16(23-15)11-9-14-22-18(21)13-12-17(19)20/h12-13,15-16H,2-11,14H2,1H3,(H,19,20)/b13-12-. The lowest BCUT2D eigenvalue weighted by Crippen LogP contribution is -2.05. The number of carbonyl (C=O) groups excluding carboxylic acids is 1. The molecule has 0 saturated carbocycles. The quantitative estimate of drug-likeness (QED) is 0.227. The zero-order valence-corrected chi connectivity index (χ0v) is 14.2. The summed E-state index contributed by atoms with van der Waals surface area (Å²) in [6.45, 7) is 2.55. The molecule has 23 heavy (non-hydrogen) atoms. The molecule has 1 saturated heterocycles. The van der Waals surface area contributed by atoms with E-state index in [2.05, 4.69) is 6.92 Å². The molecule has 1 aliphatic rings. The summed E-state index contributed by atoms with van der Waals surface area (Å²) < 4.78 is 10.5. The number of rotatable bonds is 14. The van der Waals surface area contributed by atoms with Crippen LogP contribution in [0, 0.1) is 0 Å². The highest BCUT2D eigenvalue weighted by molar-refractivity contribution is 5.90. The van der Waals surface area contributed by atoms with E-state index in [4.69, 9.17) is 14.6 Å². The lowest BCUT2D eigenvalue weighted by atomic mass is 10.1. The van der Waals surface area contributed by atoms with Crippen molar-refractivity contribution in [1.82, 2.24) is 0 Å². The van der Waals surface area contributed by atoms with E-state index < -0.39 is 11.9 Å². The molecule has 0 spiro atoms. The van der Waals surface area contributed by atoms with Crippen molar-refractivity contribution in [2.45, 2.75) is 83.3 Å². The second kappa shape index (κ2) is 12.1. The third kappa shape index (κ3) is 10.9. The van der Waals surface area contributed by atoms with Crippen LogP contribution < -0.4 is 0 Å². The van der Waals surface area contributed by atoms with Crippen LogP contribution in [-0.4, -0.2) is 35.9 Å². The first kappa shape index (κ1) is 19.7. The van der Waals surface area contributed by atoms with Crippen LogP contribution in [0.15, 0.2) is 12.2 Å². The van der Waals surface area contributed by atoms with Gasteiger partial charge in [0.25, 0.3) is 0 Å². The van der Waals surface area contributed by atoms with Crippen LogP contribution in [0.25, 0.3) is 0 Å². The van der Waals surface area contributed by atoms with Crippen LogP contribution in [0.5, 0.6) is 0 Å². The van der Waals surface area contributed by atoms with Gasteiger partial charge in [-0.2, -0.15) is 0 Å². The fourth-order valence-electron chi connectivity index (χ4n) is 2.63. The summed E-state index contributed by atoms with van der Waals surface area (Å²) in [5, 5.41) is 8.38. The van der Waals surface area contributed by atoms with Crippen molar-refractivity contribution in [2.24, 2.45) is 0 Å². The van der Waals surface area contributed by atoms with Crippen molar-refractivity contribution >= 4 is 11.9 Å². The summed E-state index contributed by atoms with van der Waals surface area (Å²) in [6, 6.07) is 0. The molecular weight excluding hydrogens is 296 g/mol. The van der Waals surface area contributed by atoms with Crippen LogP contribution in [0.2, 0.25) is 0 Å². The van der Waals surface area contributed by atoms with Crippen molar-refractivity contribution in [2.75, 3.05) is 6.61 Å². The molecule has 5 heteroatoms. The van der Waals surface area contributed by atoms with Crippen LogP contribution in [0.4, 0.5) is 0 Å². The SMILES string of the molecule is CCCCCCCCCC1OC1CCCOC(=O)/C=C\C(=O)O. The first-order chi connectivity index (χ1) is 11.1. The van der Waals surface area contributed by atoms with Crippen molar-refractivity contribution in [1.29, 1.82) is 0 Å². The minimum Gasteiger partial charge on any atom is -0.478 e. The topological polar surface area (TPSA) is 76.1 Å². The molecule has 5 nitrogen and oxygen atoms in total. The maximum Gasteiger partial charge on any atom is 0.331 e. The molecule has 2 unspecified atom stereocenters. The Kier molecular flexibility index (Phi) is 10.4. The molecule has 132 valence electrons. The highest BCUT2D eigenvalue weighted by Gasteiger charge is 2.36. The van der Waals surface area contributed by atoms with Gasteiger partial charge in [0, 0.05) is 12.2 Å². The zero-order valence-electron chi connectivity index (χ0n) is 14.2. The van der Waals surface area contributed by atoms with Gasteiger partial charge in [-0.15, -0.1) is 0 Å². The van der Waals surface area contributed by atoms with E-state index in [1.54, 1.807) is 0 Å². The van der Waals surface area contributed by atoms with E-state index >= 15 is 0 Å². The first-order valence-corrected chi connectivity index (χ1v) is 8.86. The fraction of sp³-hybridized carbons (Fsp3) is 0.778. The number of epoxide rings is 1. The number of carboxylic acid groups (broad SMARTS) is 1. The van der Waals surface area contributed by atoms with Gasteiger partial charge in [0.1, 0.15) is 0 Å². The van der Waals surface area contributed by atoms with E-state index in [0.717, 1.165) is 31.4 Å². The summed E-state index contributed by atoms with van der Waals surface area (Å²) in [6.07, 6.45) is 14.4. The zero-order chi connectivity index (χ0) is 16.9. The monoisotopic (exact) mass is 326 g/mol. The number of ether oxygens (including phenoxy) is 2. The Bertz CT molecular complexity index is 378. The summed E-state index contributed by atoms with van der Waals surface area (Å²) in [4.78, 5) is 21.4. The molecule has 0 aromatic rings. The molecule has 2 atom stereocenters. The van der Waals surface area contributed by atoms with Gasteiger partial charge in [0.05, 0.1) is 18.8 Å². The molecule has 1 N–H and O–H groups in total. The Labute approximate surface area is 139 Å². The second-order valence-electron chi connectivity index (χ2n) is 6.10. The molecular formula is C18H30O5. The molecule has 0 amide bonds. The van der Waals surface area contributed by atoms with Crippen LogP contribution in [0.3, 0.4) is 0 Å². The van der Waals surface area contributed by atoms with E-state index in [1.807, 2.05) is 0 Å². The number of carbonyl (C=O) groups is 2. The number of aliphatic carboxylic acids is 1. The molecule has 1 heterocycles. The number of esters is 1. The molecule has 1 rings (SSSR count). The van der Waals surface area contributed by atoms with E-state index in [9.17, 15) is 9.59 Å². The third-order valence-electron chi connectivity index (χ3n) is 4.02. The van der Waals surface area contributed by atoms with Crippen LogP contribution >= 0.6 is 0 Å². The van der Waals surface area contributed by atoms with E-state index in [0.29, 0.717) is 18.8 Å². The van der Waals surface area contributed by atoms with Crippen molar-refractivity contribution in [3.63, 3.8) is 0 Å². The van der Waals surface area contributed by atoms with Crippen LogP contribution in [-0.2, 0) is 19.1 Å². The van der Waals surface area contributed by atoms with Gasteiger partial charge in [-0.25, -0.2) is 9.59 Å². The van der Waals surface area contributed by atoms with Gasteiger partial charge in [-0.05, 0) is 19.3 Å². The van der Waals surface area contributed by atoms with Gasteiger partial charge >= 0.3 is 11.9 Å². The van der Waals surface area contributed by atoms with E-state index in [1.165, 1.54) is 44.9 Å². The molecule has 0 radical (unpaired) electrons. The van der Waals surface area contributed by atoms with Crippen molar-refractivity contribution < 1.29 is 24.2 Å². The Hall–Kier alpha value is -1.36. The fourth-order valence-corrected chi connectivity index (χ4v) is 2.63. The number of hydrogen-bond donors (Lipinski definition) is 1. The number of hydrogen-bond acceptors (Lipinski definition) is 4. The lowest BCUT2D eigenvalue weighted by Gasteiger charge is -2.01. The normalized spacial score (nSPS) is 19.9. The average molecular weight is 326 g/mol. The summed E-state index contributed by atoms with van der Waals surface area (Å²) >= 11 is 0. The summed E-state index contributed by atoms with van der Waals surface area (Å²) in [7, 11) is 0. The number of carboxylic acids is 1. The molecule has 1 fully saturated rings. The first-order valence-electron chi connectivity index (χ1n) is 8.86. The Morgan fingerprint density at radius 2 is 1.57 bits per heavy atom. The predicted octanol–water partition coefficient (Wildman–Crippen LogP) is 3.86. The Morgan fingerprint density at radius 3 is 2.22 bits per heavy atom. The highest BCUT2D eigenvalue weighted by Crippen LogP contribution is 2.31. The second-order valence-corrected chi connectivity index (χ2v) is 6.10. The predicted molar refractivity (Wildman–Crippen MR) is 88.2 cm³/mol. The molecule has 0 bridgehead atoms. The molecule has 0 aromatic heterocycles. The third-order valence-corrected chi connectivity index (χ3v) is 4.02. The largest absolute Gasteiger partial charge is 0.478 e. The van der Waals surface area contributed by atoms with Gasteiger partial charge in [-0.3, -0.25) is 0 Å². The van der Waals surface area contributed by atoms with Gasteiger partial charge < -0.3 is 14.6 Å². The minimum atomic E-state index is -1.15. The maximum atomic E-state index is 11.1. The van der Waals surface area contributed by atoms with Gasteiger partial charge in [0.2, 0.25) is 0 Å². The number of unbranched alkanes of at least 4 members (excludes halogenated alkanes) is 6. The lowest BCUT2D eigenvalue weighted by molar-refractivity contribution is -0.138.